The van der Waals surface area contributed by atoms with Gasteiger partial charge in [-0.3, -0.25) is 0 Å². The molecule has 1 heterocycles. The minimum atomic E-state index is 0.154. The van der Waals surface area contributed by atoms with Gasteiger partial charge in [0, 0.05) is 5.92 Å². The minimum Gasteiger partial charge on any atom is -0.346 e. The highest BCUT2D eigenvalue weighted by Gasteiger charge is 2.44. The van der Waals surface area contributed by atoms with E-state index in [4.69, 9.17) is 9.47 Å². The summed E-state index contributed by atoms with van der Waals surface area (Å²) in [6.07, 6.45) is 14.8. The second-order valence-electron chi connectivity index (χ2n) is 7.13. The summed E-state index contributed by atoms with van der Waals surface area (Å²) in [6.45, 7) is 0. The van der Waals surface area contributed by atoms with Gasteiger partial charge in [0.25, 0.3) is 0 Å². The van der Waals surface area contributed by atoms with E-state index in [1.807, 2.05) is 0 Å². The molecule has 0 N–H and O–H groups in total. The molecule has 1 aliphatic heterocycles. The predicted octanol–water partition coefficient (Wildman–Crippen LogP) is 3.89. The molecule has 4 rings (SSSR count). The highest BCUT2D eigenvalue weighted by molar-refractivity contribution is 4.89. The Morgan fingerprint density at radius 2 is 1.22 bits per heavy atom. The lowest BCUT2D eigenvalue weighted by atomic mass is 9.68. The molecule has 0 aromatic heterocycles. The van der Waals surface area contributed by atoms with Crippen LogP contribution in [0.15, 0.2) is 0 Å². The molecule has 1 saturated heterocycles. The van der Waals surface area contributed by atoms with Crippen molar-refractivity contribution in [3.63, 3.8) is 0 Å². The number of rotatable bonds is 1. The van der Waals surface area contributed by atoms with Crippen LogP contribution in [0, 0.1) is 17.8 Å². The molecule has 102 valence electrons. The van der Waals surface area contributed by atoms with Crippen LogP contribution in [0.2, 0.25) is 0 Å². The Bertz CT molecular complexity index is 277. The average Bonchev–Trinajstić information content (AvgIpc) is 2.82. The molecule has 0 aromatic rings. The monoisotopic (exact) mass is 250 g/mol. The average molecular weight is 250 g/mol. The van der Waals surface area contributed by atoms with Crippen molar-refractivity contribution in [3.8, 4) is 0 Å². The topological polar surface area (TPSA) is 18.5 Å². The second kappa shape index (κ2) is 4.79. The van der Waals surface area contributed by atoms with Gasteiger partial charge in [-0.05, 0) is 43.9 Å². The van der Waals surface area contributed by atoms with E-state index >= 15 is 0 Å². The van der Waals surface area contributed by atoms with Crippen LogP contribution in [0.1, 0.15) is 64.2 Å². The van der Waals surface area contributed by atoms with Crippen molar-refractivity contribution in [1.29, 1.82) is 0 Å². The molecule has 3 aliphatic carbocycles. The minimum absolute atomic E-state index is 0.154. The lowest BCUT2D eigenvalue weighted by Gasteiger charge is -2.40. The van der Waals surface area contributed by atoms with E-state index in [0.717, 1.165) is 11.8 Å². The second-order valence-corrected chi connectivity index (χ2v) is 7.13. The van der Waals surface area contributed by atoms with Gasteiger partial charge in [0.1, 0.15) is 0 Å². The third-order valence-corrected chi connectivity index (χ3v) is 5.81. The molecule has 0 amide bonds. The van der Waals surface area contributed by atoms with E-state index in [2.05, 4.69) is 0 Å². The van der Waals surface area contributed by atoms with Crippen molar-refractivity contribution in [1.82, 2.24) is 0 Å². The van der Waals surface area contributed by atoms with Gasteiger partial charge < -0.3 is 9.47 Å². The zero-order chi connectivity index (χ0) is 11.9. The van der Waals surface area contributed by atoms with Gasteiger partial charge in [0.2, 0.25) is 0 Å². The molecule has 2 heteroatoms. The molecule has 4 atom stereocenters. The fraction of sp³-hybridized carbons (Fsp3) is 1.00. The summed E-state index contributed by atoms with van der Waals surface area (Å²) in [5, 5.41) is 0. The molecule has 18 heavy (non-hydrogen) atoms. The smallest absolute Gasteiger partial charge is 0.161 e. The Kier molecular flexibility index (Phi) is 3.12. The fourth-order valence-corrected chi connectivity index (χ4v) is 4.98. The standard InChI is InChI=1S/C16H26O2/c1-2-7-15-14(6-1)17-16(18-15)13-9-11-4-3-5-12(8-11)10-13/h11-16H,1-10H2. The van der Waals surface area contributed by atoms with Gasteiger partial charge >= 0.3 is 0 Å². The molecular weight excluding hydrogens is 224 g/mol. The molecule has 4 aliphatic rings. The first-order valence-electron chi connectivity index (χ1n) is 8.19. The van der Waals surface area contributed by atoms with Gasteiger partial charge in [-0.15, -0.1) is 0 Å². The maximum Gasteiger partial charge on any atom is 0.161 e. The van der Waals surface area contributed by atoms with Crippen LogP contribution in [0.3, 0.4) is 0 Å². The fourth-order valence-electron chi connectivity index (χ4n) is 4.98. The van der Waals surface area contributed by atoms with Crippen LogP contribution in [0.4, 0.5) is 0 Å². The van der Waals surface area contributed by atoms with Crippen molar-refractivity contribution >= 4 is 0 Å². The van der Waals surface area contributed by atoms with E-state index < -0.39 is 0 Å². The molecule has 0 aromatic carbocycles. The van der Waals surface area contributed by atoms with Crippen molar-refractivity contribution < 1.29 is 9.47 Å². The van der Waals surface area contributed by atoms with E-state index in [9.17, 15) is 0 Å². The summed E-state index contributed by atoms with van der Waals surface area (Å²) in [5.41, 5.74) is 0. The van der Waals surface area contributed by atoms with Crippen LogP contribution < -0.4 is 0 Å². The largest absolute Gasteiger partial charge is 0.346 e. The van der Waals surface area contributed by atoms with Crippen LogP contribution in [-0.4, -0.2) is 18.5 Å². The van der Waals surface area contributed by atoms with Gasteiger partial charge in [-0.25, -0.2) is 0 Å². The zero-order valence-electron chi connectivity index (χ0n) is 11.4. The van der Waals surface area contributed by atoms with Gasteiger partial charge in [-0.2, -0.15) is 0 Å². The van der Waals surface area contributed by atoms with Gasteiger partial charge in [0.15, 0.2) is 6.29 Å². The molecule has 4 unspecified atom stereocenters. The van der Waals surface area contributed by atoms with Crippen LogP contribution in [0.5, 0.6) is 0 Å². The summed E-state index contributed by atoms with van der Waals surface area (Å²) in [4.78, 5) is 0. The number of ether oxygens (including phenoxy) is 2. The first kappa shape index (κ1) is 11.7. The Balaban J connectivity index is 1.41. The Morgan fingerprint density at radius 3 is 1.83 bits per heavy atom. The molecule has 2 bridgehead atoms. The zero-order valence-corrected chi connectivity index (χ0v) is 11.4. The van der Waals surface area contributed by atoms with Crippen molar-refractivity contribution in [3.05, 3.63) is 0 Å². The molecule has 4 fully saturated rings. The Hall–Kier alpha value is -0.0800. The van der Waals surface area contributed by atoms with Crippen molar-refractivity contribution in [2.24, 2.45) is 17.8 Å². The van der Waals surface area contributed by atoms with E-state index in [1.165, 1.54) is 64.2 Å². The van der Waals surface area contributed by atoms with Crippen LogP contribution >= 0.6 is 0 Å². The van der Waals surface area contributed by atoms with Gasteiger partial charge in [-0.1, -0.05) is 32.1 Å². The number of hydrogen-bond donors (Lipinski definition) is 0. The quantitative estimate of drug-likeness (QED) is 0.703. The van der Waals surface area contributed by atoms with Crippen molar-refractivity contribution in [2.75, 3.05) is 0 Å². The third kappa shape index (κ3) is 2.12. The number of fused-ring (bicyclic) bond motifs is 3. The summed E-state index contributed by atoms with van der Waals surface area (Å²) in [6, 6.07) is 0. The van der Waals surface area contributed by atoms with Crippen molar-refractivity contribution in [2.45, 2.75) is 82.7 Å². The summed E-state index contributed by atoms with van der Waals surface area (Å²) >= 11 is 0. The Morgan fingerprint density at radius 1 is 0.611 bits per heavy atom. The summed E-state index contributed by atoms with van der Waals surface area (Å²) in [7, 11) is 0. The molecular formula is C16H26O2. The predicted molar refractivity (Wildman–Crippen MR) is 70.2 cm³/mol. The molecule has 0 radical (unpaired) electrons. The maximum atomic E-state index is 6.25. The summed E-state index contributed by atoms with van der Waals surface area (Å²) in [5.74, 6) is 2.68. The maximum absolute atomic E-state index is 6.25. The molecule has 2 nitrogen and oxygen atoms in total. The normalized spacial score (nSPS) is 52.0. The number of hydrogen-bond acceptors (Lipinski definition) is 2. The molecule has 3 saturated carbocycles. The highest BCUT2D eigenvalue weighted by Crippen LogP contribution is 2.46. The third-order valence-electron chi connectivity index (χ3n) is 5.81. The SMILES string of the molecule is C1CC2CC(C1)CC(C1OC3CCCCC3O1)C2. The summed E-state index contributed by atoms with van der Waals surface area (Å²) < 4.78 is 12.5. The van der Waals surface area contributed by atoms with E-state index in [1.54, 1.807) is 0 Å². The van der Waals surface area contributed by atoms with E-state index in [0.29, 0.717) is 18.1 Å². The van der Waals surface area contributed by atoms with Crippen LogP contribution in [-0.2, 0) is 9.47 Å². The van der Waals surface area contributed by atoms with Crippen LogP contribution in [0.25, 0.3) is 0 Å². The lowest BCUT2D eigenvalue weighted by molar-refractivity contribution is -0.124. The molecule has 0 spiro atoms. The lowest BCUT2D eigenvalue weighted by Crippen LogP contribution is -2.34. The highest BCUT2D eigenvalue weighted by atomic mass is 16.7. The Labute approximate surface area is 110 Å². The van der Waals surface area contributed by atoms with Gasteiger partial charge in [0.05, 0.1) is 12.2 Å². The van der Waals surface area contributed by atoms with E-state index in [-0.39, 0.29) is 6.29 Å². The first-order chi connectivity index (χ1) is 8.88. The first-order valence-corrected chi connectivity index (χ1v) is 8.19.